The van der Waals surface area contributed by atoms with Crippen molar-refractivity contribution in [3.63, 3.8) is 0 Å². The molecule has 0 fully saturated rings. The Hall–Kier alpha value is -1.06. The minimum atomic E-state index is -3.79. The van der Waals surface area contributed by atoms with E-state index in [9.17, 15) is 12.8 Å². The van der Waals surface area contributed by atoms with Gasteiger partial charge in [0, 0.05) is 19.6 Å². The van der Waals surface area contributed by atoms with Crippen molar-refractivity contribution in [3.05, 3.63) is 29.6 Å². The summed E-state index contributed by atoms with van der Waals surface area (Å²) in [4.78, 5) is 1.84. The molecule has 3 N–H and O–H groups in total. The Morgan fingerprint density at radius 3 is 2.67 bits per heavy atom. The largest absolute Gasteiger partial charge is 0.379 e. The van der Waals surface area contributed by atoms with E-state index in [-0.39, 0.29) is 24.6 Å². The molecule has 0 spiro atoms. The number of hydrogen-bond acceptors (Lipinski definition) is 5. The van der Waals surface area contributed by atoms with Crippen LogP contribution in [0.2, 0.25) is 0 Å². The Morgan fingerprint density at radius 2 is 2.05 bits per heavy atom. The van der Waals surface area contributed by atoms with Crippen LogP contribution in [-0.2, 0) is 21.3 Å². The van der Waals surface area contributed by atoms with E-state index in [4.69, 9.17) is 10.5 Å². The number of hydrogen-bond donors (Lipinski definition) is 2. The normalized spacial score (nSPS) is 12.0. The molecule has 0 atom stereocenters. The Bertz CT molecular complexity index is 550. The van der Waals surface area contributed by atoms with Gasteiger partial charge in [-0.2, -0.15) is 0 Å². The van der Waals surface area contributed by atoms with Crippen molar-refractivity contribution >= 4 is 10.0 Å². The fourth-order valence-corrected chi connectivity index (χ4v) is 2.89. The number of nitrogens with one attached hydrogen (secondary N) is 1. The van der Waals surface area contributed by atoms with Gasteiger partial charge in [-0.25, -0.2) is 17.5 Å². The molecule has 120 valence electrons. The summed E-state index contributed by atoms with van der Waals surface area (Å²) in [7, 11) is 0.0525. The average molecular weight is 319 g/mol. The zero-order chi connectivity index (χ0) is 15.9. The highest BCUT2D eigenvalue weighted by molar-refractivity contribution is 7.89. The number of halogens is 1. The molecule has 0 unspecified atom stereocenters. The van der Waals surface area contributed by atoms with Gasteiger partial charge >= 0.3 is 0 Å². The highest BCUT2D eigenvalue weighted by Gasteiger charge is 2.18. The molecule has 0 aliphatic carbocycles. The zero-order valence-electron chi connectivity index (χ0n) is 12.3. The number of ether oxygens (including phenoxy) is 1. The maximum atomic E-state index is 13.2. The molecular formula is C13H22FN3O3S. The number of rotatable bonds is 9. The van der Waals surface area contributed by atoms with Crippen molar-refractivity contribution in [2.75, 3.05) is 40.4 Å². The molecule has 1 aromatic rings. The lowest BCUT2D eigenvalue weighted by molar-refractivity contribution is 0.122. The maximum Gasteiger partial charge on any atom is 0.241 e. The highest BCUT2D eigenvalue weighted by Crippen LogP contribution is 2.16. The van der Waals surface area contributed by atoms with Crippen LogP contribution in [-0.4, -0.2) is 53.7 Å². The molecule has 0 saturated heterocycles. The van der Waals surface area contributed by atoms with Crippen LogP contribution in [0.1, 0.15) is 5.56 Å². The Kier molecular flexibility index (Phi) is 7.20. The topological polar surface area (TPSA) is 84.7 Å². The highest BCUT2D eigenvalue weighted by atomic mass is 32.2. The van der Waals surface area contributed by atoms with Crippen LogP contribution in [0, 0.1) is 5.82 Å². The molecule has 0 amide bonds. The minimum absolute atomic E-state index is 0.0237. The third kappa shape index (κ3) is 6.06. The predicted molar refractivity (Wildman–Crippen MR) is 78.9 cm³/mol. The molecular weight excluding hydrogens is 297 g/mol. The molecule has 0 aromatic heterocycles. The van der Waals surface area contributed by atoms with Crippen LogP contribution in [0.15, 0.2) is 23.1 Å². The van der Waals surface area contributed by atoms with Crippen molar-refractivity contribution in [3.8, 4) is 0 Å². The summed E-state index contributed by atoms with van der Waals surface area (Å²) in [5, 5.41) is 0. The van der Waals surface area contributed by atoms with Gasteiger partial charge < -0.3 is 15.4 Å². The van der Waals surface area contributed by atoms with E-state index in [0.29, 0.717) is 12.2 Å². The second-order valence-corrected chi connectivity index (χ2v) is 6.50. The zero-order valence-corrected chi connectivity index (χ0v) is 13.1. The molecule has 1 aromatic carbocycles. The third-order valence-electron chi connectivity index (χ3n) is 2.76. The van der Waals surface area contributed by atoms with Gasteiger partial charge in [0.25, 0.3) is 0 Å². The summed E-state index contributed by atoms with van der Waals surface area (Å²) in [6, 6.07) is 3.53. The molecule has 1 rings (SSSR count). The second kappa shape index (κ2) is 8.40. The number of nitrogens with zero attached hydrogens (tertiary/aromatic N) is 1. The van der Waals surface area contributed by atoms with Gasteiger partial charge in [0.1, 0.15) is 5.82 Å². The van der Waals surface area contributed by atoms with Crippen molar-refractivity contribution in [1.82, 2.24) is 9.62 Å². The number of likely N-dealkylation sites (N-methyl/N-ethyl adjacent to an activating group) is 1. The fourth-order valence-electron chi connectivity index (χ4n) is 1.62. The first-order valence-electron chi connectivity index (χ1n) is 6.57. The summed E-state index contributed by atoms with van der Waals surface area (Å²) in [5.41, 5.74) is 5.85. The van der Waals surface area contributed by atoms with Gasteiger partial charge in [-0.1, -0.05) is 6.07 Å². The summed E-state index contributed by atoms with van der Waals surface area (Å²) in [6.07, 6.45) is 0. The van der Waals surface area contributed by atoms with Crippen molar-refractivity contribution in [1.29, 1.82) is 0 Å². The number of sulfonamides is 1. The predicted octanol–water partition coefficient (Wildman–Crippen LogP) is 0.141. The van der Waals surface area contributed by atoms with E-state index in [1.54, 1.807) is 0 Å². The van der Waals surface area contributed by atoms with Crippen molar-refractivity contribution in [2.24, 2.45) is 5.73 Å². The van der Waals surface area contributed by atoms with E-state index < -0.39 is 15.8 Å². The molecule has 6 nitrogen and oxygen atoms in total. The summed E-state index contributed by atoms with van der Waals surface area (Å²) >= 11 is 0. The first-order chi connectivity index (χ1) is 9.86. The van der Waals surface area contributed by atoms with Crippen LogP contribution >= 0.6 is 0 Å². The van der Waals surface area contributed by atoms with Crippen LogP contribution in [0.5, 0.6) is 0 Å². The molecule has 21 heavy (non-hydrogen) atoms. The molecule has 0 radical (unpaired) electrons. The molecule has 0 heterocycles. The lowest BCUT2D eigenvalue weighted by atomic mass is 10.2. The lowest BCUT2D eigenvalue weighted by Crippen LogP contribution is -2.29. The van der Waals surface area contributed by atoms with Crippen LogP contribution in [0.25, 0.3) is 0 Å². The molecule has 0 aliphatic rings. The SMILES string of the molecule is CN(C)CCOCCNS(=O)(=O)c1cc(F)ccc1CN. The Balaban J connectivity index is 2.56. The summed E-state index contributed by atoms with van der Waals surface area (Å²) in [5.74, 6) is -0.616. The molecule has 0 aliphatic heterocycles. The molecule has 8 heteroatoms. The lowest BCUT2D eigenvalue weighted by Gasteiger charge is -2.12. The number of benzene rings is 1. The number of nitrogens with two attached hydrogens (primary N) is 1. The van der Waals surface area contributed by atoms with E-state index in [0.717, 1.165) is 12.6 Å². The van der Waals surface area contributed by atoms with Gasteiger partial charge in [0.05, 0.1) is 18.1 Å². The Morgan fingerprint density at radius 1 is 1.33 bits per heavy atom. The van der Waals surface area contributed by atoms with Gasteiger partial charge in [-0.05, 0) is 31.8 Å². The van der Waals surface area contributed by atoms with E-state index in [2.05, 4.69) is 4.72 Å². The monoisotopic (exact) mass is 319 g/mol. The first kappa shape index (κ1) is 18.0. The standard InChI is InChI=1S/C13H22FN3O3S/c1-17(2)6-8-20-7-5-16-21(18,19)13-9-12(14)4-3-11(13)10-15/h3-4,9,16H,5-8,10,15H2,1-2H3. The second-order valence-electron chi connectivity index (χ2n) is 4.77. The van der Waals surface area contributed by atoms with Crippen LogP contribution in [0.4, 0.5) is 4.39 Å². The fraction of sp³-hybridized carbons (Fsp3) is 0.538. The maximum absolute atomic E-state index is 13.2. The van der Waals surface area contributed by atoms with Crippen LogP contribution < -0.4 is 10.5 Å². The van der Waals surface area contributed by atoms with Gasteiger partial charge in [0.2, 0.25) is 10.0 Å². The smallest absolute Gasteiger partial charge is 0.241 e. The summed E-state index contributed by atoms with van der Waals surface area (Å²) < 4.78 is 45.1. The van der Waals surface area contributed by atoms with Crippen molar-refractivity contribution < 1.29 is 17.5 Å². The average Bonchev–Trinajstić information content (AvgIpc) is 2.42. The van der Waals surface area contributed by atoms with Crippen LogP contribution in [0.3, 0.4) is 0 Å². The molecule has 0 saturated carbocycles. The minimum Gasteiger partial charge on any atom is -0.379 e. The van der Waals surface area contributed by atoms with E-state index >= 15 is 0 Å². The Labute approximate surface area is 125 Å². The summed E-state index contributed by atoms with van der Waals surface area (Å²) in [6.45, 7) is 1.67. The third-order valence-corrected chi connectivity index (χ3v) is 4.30. The van der Waals surface area contributed by atoms with Crippen molar-refractivity contribution in [2.45, 2.75) is 11.4 Å². The van der Waals surface area contributed by atoms with Gasteiger partial charge in [0.15, 0.2) is 0 Å². The quantitative estimate of drug-likeness (QED) is 0.633. The van der Waals surface area contributed by atoms with Gasteiger partial charge in [-0.15, -0.1) is 0 Å². The van der Waals surface area contributed by atoms with E-state index in [1.165, 1.54) is 12.1 Å². The molecule has 0 bridgehead atoms. The van der Waals surface area contributed by atoms with Gasteiger partial charge in [-0.3, -0.25) is 0 Å². The van der Waals surface area contributed by atoms with E-state index in [1.807, 2.05) is 19.0 Å². The first-order valence-corrected chi connectivity index (χ1v) is 8.06.